The summed E-state index contributed by atoms with van der Waals surface area (Å²) in [6.07, 6.45) is 2.56. The fourth-order valence-corrected chi connectivity index (χ4v) is 3.61. The highest BCUT2D eigenvalue weighted by Crippen LogP contribution is 2.21. The van der Waals surface area contributed by atoms with Crippen molar-refractivity contribution in [3.05, 3.63) is 35.9 Å². The molecular weight excluding hydrogens is 433 g/mol. The van der Waals surface area contributed by atoms with Gasteiger partial charge in [0.15, 0.2) is 5.82 Å². The molecule has 4 heterocycles. The van der Waals surface area contributed by atoms with Crippen molar-refractivity contribution in [1.29, 1.82) is 0 Å². The van der Waals surface area contributed by atoms with E-state index in [0.29, 0.717) is 18.4 Å². The van der Waals surface area contributed by atoms with E-state index in [1.807, 2.05) is 7.05 Å². The van der Waals surface area contributed by atoms with Gasteiger partial charge in [0, 0.05) is 58.0 Å². The predicted octanol–water partition coefficient (Wildman–Crippen LogP) is 1.17. The Morgan fingerprint density at radius 1 is 1.28 bits per heavy atom. The number of hydrogen-bond donors (Lipinski definition) is 2. The summed E-state index contributed by atoms with van der Waals surface area (Å²) in [6, 6.07) is 0.603. The van der Waals surface area contributed by atoms with Gasteiger partial charge in [-0.1, -0.05) is 0 Å². The number of carboxylic acids is 1. The first-order valence-electron chi connectivity index (χ1n) is 10.1. The van der Waals surface area contributed by atoms with Crippen LogP contribution in [0.25, 0.3) is 0 Å². The molecule has 0 aromatic carbocycles. The Labute approximate surface area is 182 Å². The number of carboxylic acid groups (broad SMARTS) is 1. The van der Waals surface area contributed by atoms with Crippen LogP contribution in [0.5, 0.6) is 0 Å². The largest absolute Gasteiger partial charge is 0.490 e. The number of nitrogens with one attached hydrogen (secondary N) is 1. The molecule has 2 aromatic rings. The van der Waals surface area contributed by atoms with Crippen molar-refractivity contribution in [3.8, 4) is 0 Å². The molecular formula is C19H25F3N6O4. The van der Waals surface area contributed by atoms with E-state index >= 15 is 0 Å². The number of aliphatic carboxylic acids is 1. The van der Waals surface area contributed by atoms with Crippen LogP contribution in [-0.2, 0) is 36.2 Å². The number of amides is 1. The zero-order valence-electron chi connectivity index (χ0n) is 17.5. The van der Waals surface area contributed by atoms with Crippen molar-refractivity contribution in [1.82, 2.24) is 29.3 Å². The molecule has 176 valence electrons. The highest BCUT2D eigenvalue weighted by Gasteiger charge is 2.38. The number of halogens is 3. The van der Waals surface area contributed by atoms with Crippen molar-refractivity contribution >= 4 is 11.9 Å². The molecule has 0 atom stereocenters. The summed E-state index contributed by atoms with van der Waals surface area (Å²) in [6.45, 7) is 5.02. The summed E-state index contributed by atoms with van der Waals surface area (Å²) in [5.74, 6) is -1.44. The van der Waals surface area contributed by atoms with Gasteiger partial charge in [0.25, 0.3) is 5.91 Å². The first kappa shape index (κ1) is 23.7. The Hall–Kier alpha value is -2.93. The topological polar surface area (TPSA) is 115 Å². The van der Waals surface area contributed by atoms with Crippen LogP contribution in [0.4, 0.5) is 13.2 Å². The second kappa shape index (κ2) is 10.1. The maximum Gasteiger partial charge on any atom is 0.490 e. The maximum atomic E-state index is 12.2. The Kier molecular flexibility index (Phi) is 7.51. The van der Waals surface area contributed by atoms with Crippen LogP contribution in [0.2, 0.25) is 0 Å². The van der Waals surface area contributed by atoms with Gasteiger partial charge >= 0.3 is 12.1 Å². The molecule has 0 unspecified atom stereocenters. The van der Waals surface area contributed by atoms with Crippen LogP contribution < -0.4 is 5.32 Å². The average Bonchev–Trinajstić information content (AvgIpc) is 3.37. The quantitative estimate of drug-likeness (QED) is 0.707. The van der Waals surface area contributed by atoms with Crippen LogP contribution >= 0.6 is 0 Å². The number of ether oxygens (including phenoxy) is 1. The van der Waals surface area contributed by atoms with Crippen molar-refractivity contribution in [2.75, 3.05) is 19.8 Å². The number of fused-ring (bicyclic) bond motifs is 1. The second-order valence-electron chi connectivity index (χ2n) is 7.50. The Bertz CT molecular complexity index is 936. The number of aromatic nitrogens is 4. The van der Waals surface area contributed by atoms with Gasteiger partial charge in [-0.2, -0.15) is 13.2 Å². The van der Waals surface area contributed by atoms with Crippen LogP contribution in [-0.4, -0.2) is 73.0 Å². The summed E-state index contributed by atoms with van der Waals surface area (Å²) < 4.78 is 41.1. The molecule has 0 bridgehead atoms. The van der Waals surface area contributed by atoms with E-state index in [9.17, 15) is 18.0 Å². The van der Waals surface area contributed by atoms with Gasteiger partial charge < -0.3 is 24.3 Å². The van der Waals surface area contributed by atoms with E-state index in [-0.39, 0.29) is 5.91 Å². The molecule has 32 heavy (non-hydrogen) atoms. The average molecular weight is 458 g/mol. The van der Waals surface area contributed by atoms with Crippen LogP contribution in [0.1, 0.15) is 35.0 Å². The van der Waals surface area contributed by atoms with Gasteiger partial charge in [-0.3, -0.25) is 9.69 Å². The smallest absolute Gasteiger partial charge is 0.475 e. The maximum absolute atomic E-state index is 12.2. The first-order chi connectivity index (χ1) is 15.1. The number of carbonyl (C=O) groups is 2. The molecule has 2 aromatic heterocycles. The molecule has 2 aliphatic heterocycles. The number of hydrogen-bond acceptors (Lipinski definition) is 6. The Balaban J connectivity index is 0.000000360. The number of imidazole rings is 2. The molecule has 2 aliphatic rings. The number of aryl methyl sites for hydroxylation is 1. The minimum absolute atomic E-state index is 0.178. The van der Waals surface area contributed by atoms with E-state index in [2.05, 4.69) is 26.0 Å². The van der Waals surface area contributed by atoms with Crippen molar-refractivity contribution in [2.24, 2.45) is 7.05 Å². The lowest BCUT2D eigenvalue weighted by atomic mass is 10.1. The molecule has 0 radical (unpaired) electrons. The van der Waals surface area contributed by atoms with E-state index < -0.39 is 12.1 Å². The fraction of sp³-hybridized carbons (Fsp3) is 0.579. The molecule has 0 aliphatic carbocycles. The van der Waals surface area contributed by atoms with Crippen LogP contribution in [0.15, 0.2) is 18.6 Å². The molecule has 4 rings (SSSR count). The number of alkyl halides is 3. The summed E-state index contributed by atoms with van der Waals surface area (Å²) >= 11 is 0. The second-order valence-corrected chi connectivity index (χ2v) is 7.50. The van der Waals surface area contributed by atoms with Gasteiger partial charge in [-0.25, -0.2) is 14.8 Å². The lowest BCUT2D eigenvalue weighted by molar-refractivity contribution is -0.192. The number of nitrogens with zero attached hydrogens (tertiary/aromatic N) is 5. The molecule has 0 spiro atoms. The summed E-state index contributed by atoms with van der Waals surface area (Å²) in [5, 5.41) is 10.0. The monoisotopic (exact) mass is 458 g/mol. The van der Waals surface area contributed by atoms with Gasteiger partial charge in [-0.05, 0) is 12.8 Å². The third-order valence-electron chi connectivity index (χ3n) is 5.29. The zero-order valence-corrected chi connectivity index (χ0v) is 17.5. The Morgan fingerprint density at radius 3 is 2.56 bits per heavy atom. The van der Waals surface area contributed by atoms with E-state index in [1.54, 1.807) is 17.0 Å². The minimum Gasteiger partial charge on any atom is -0.475 e. The van der Waals surface area contributed by atoms with Gasteiger partial charge in [-0.15, -0.1) is 0 Å². The first-order valence-corrected chi connectivity index (χ1v) is 10.1. The van der Waals surface area contributed by atoms with Gasteiger partial charge in [0.05, 0.1) is 18.8 Å². The summed E-state index contributed by atoms with van der Waals surface area (Å²) in [4.78, 5) is 32.3. The molecule has 1 saturated heterocycles. The molecule has 13 heteroatoms. The third-order valence-corrected chi connectivity index (χ3v) is 5.29. The van der Waals surface area contributed by atoms with Gasteiger partial charge in [0.2, 0.25) is 0 Å². The highest BCUT2D eigenvalue weighted by atomic mass is 19.4. The van der Waals surface area contributed by atoms with Crippen molar-refractivity contribution in [3.63, 3.8) is 0 Å². The zero-order chi connectivity index (χ0) is 23.3. The van der Waals surface area contributed by atoms with E-state index in [1.165, 1.54) is 0 Å². The number of rotatable bonds is 4. The molecule has 1 fully saturated rings. The van der Waals surface area contributed by atoms with Crippen molar-refractivity contribution < 1.29 is 32.6 Å². The van der Waals surface area contributed by atoms with E-state index in [0.717, 1.165) is 57.2 Å². The Morgan fingerprint density at radius 2 is 1.97 bits per heavy atom. The lowest BCUT2D eigenvalue weighted by Crippen LogP contribution is -2.43. The predicted molar refractivity (Wildman–Crippen MR) is 105 cm³/mol. The molecule has 1 amide bonds. The number of carbonyl (C=O) groups excluding carboxylic acids is 1. The SMILES string of the molecule is Cn1ccnc1C(=O)NCc1cn2c(n1)CN(C1CCOCC1)CC2.O=C(O)C(F)(F)F. The van der Waals surface area contributed by atoms with Gasteiger partial charge in [0.1, 0.15) is 5.82 Å². The lowest BCUT2D eigenvalue weighted by Gasteiger charge is -2.36. The highest BCUT2D eigenvalue weighted by molar-refractivity contribution is 5.90. The van der Waals surface area contributed by atoms with E-state index in [4.69, 9.17) is 19.6 Å². The standard InChI is InChI=1S/C17H24N6O2.C2HF3O2/c1-21-5-4-18-16(21)17(24)19-10-13-11-23-7-6-22(12-15(23)20-13)14-2-8-25-9-3-14;3-2(4,5)1(6)7/h4-5,11,14H,2-3,6-10,12H2,1H3,(H,19,24);(H,6,7). The molecule has 10 nitrogen and oxygen atoms in total. The summed E-state index contributed by atoms with van der Waals surface area (Å²) in [5.41, 5.74) is 0.895. The van der Waals surface area contributed by atoms with Crippen molar-refractivity contribution in [2.45, 2.75) is 44.7 Å². The van der Waals surface area contributed by atoms with Crippen LogP contribution in [0.3, 0.4) is 0 Å². The molecule has 2 N–H and O–H groups in total. The third kappa shape index (κ3) is 6.07. The van der Waals surface area contributed by atoms with Crippen LogP contribution in [0, 0.1) is 0 Å². The fourth-order valence-electron chi connectivity index (χ4n) is 3.61. The minimum atomic E-state index is -5.08. The summed E-state index contributed by atoms with van der Waals surface area (Å²) in [7, 11) is 1.81. The molecule has 0 saturated carbocycles. The normalized spacial score (nSPS) is 17.2.